The Kier molecular flexibility index (Phi) is 5.96. The maximum absolute atomic E-state index is 13.3. The summed E-state index contributed by atoms with van der Waals surface area (Å²) in [5.41, 5.74) is 1.50. The summed E-state index contributed by atoms with van der Waals surface area (Å²) in [7, 11) is 1.61. The number of para-hydroxylation sites is 1. The van der Waals surface area contributed by atoms with E-state index in [4.69, 9.17) is 16.3 Å². The molecule has 1 saturated heterocycles. The largest absolute Gasteiger partial charge is 0.496 e. The molecule has 7 heteroatoms. The van der Waals surface area contributed by atoms with Crippen LogP contribution in [0.1, 0.15) is 12.0 Å². The van der Waals surface area contributed by atoms with Gasteiger partial charge in [-0.05, 0) is 36.2 Å². The number of methoxy groups -OCH3 is 1. The van der Waals surface area contributed by atoms with Crippen LogP contribution in [0.25, 0.3) is 0 Å². The number of nitrogens with one attached hydrogen (secondary N) is 1. The molecule has 1 unspecified atom stereocenters. The normalized spacial score (nSPS) is 16.5. The fraction of sp³-hybridized carbons (Fsp3) is 0.300. The van der Waals surface area contributed by atoms with Crippen LogP contribution >= 0.6 is 11.6 Å². The number of carbonyl (C=O) groups is 2. The Hall–Kier alpha value is -2.60. The molecule has 1 heterocycles. The molecule has 2 aromatic rings. The van der Waals surface area contributed by atoms with E-state index in [1.54, 1.807) is 7.11 Å². The summed E-state index contributed by atoms with van der Waals surface area (Å²) < 4.78 is 18.6. The Labute approximate surface area is 162 Å². The second-order valence-electron chi connectivity index (χ2n) is 6.36. The van der Waals surface area contributed by atoms with Gasteiger partial charge < -0.3 is 15.0 Å². The summed E-state index contributed by atoms with van der Waals surface area (Å²) in [5.74, 6) is -0.560. The zero-order valence-corrected chi connectivity index (χ0v) is 15.6. The molecular weight excluding hydrogens is 371 g/mol. The van der Waals surface area contributed by atoms with Gasteiger partial charge in [-0.15, -0.1) is 0 Å². The lowest BCUT2D eigenvalue weighted by molar-refractivity contribution is -0.126. The van der Waals surface area contributed by atoms with E-state index in [1.165, 1.54) is 23.1 Å². The molecule has 0 spiro atoms. The lowest BCUT2D eigenvalue weighted by atomic mass is 10.1. The molecule has 0 aliphatic carbocycles. The molecule has 1 aliphatic rings. The van der Waals surface area contributed by atoms with Crippen LogP contribution in [0.3, 0.4) is 0 Å². The van der Waals surface area contributed by atoms with Crippen molar-refractivity contribution < 1.29 is 18.7 Å². The van der Waals surface area contributed by atoms with Crippen molar-refractivity contribution in [2.75, 3.05) is 25.1 Å². The zero-order chi connectivity index (χ0) is 19.4. The van der Waals surface area contributed by atoms with E-state index in [9.17, 15) is 14.0 Å². The topological polar surface area (TPSA) is 58.6 Å². The third-order valence-electron chi connectivity index (χ3n) is 4.60. The number of halogens is 2. The molecule has 0 radical (unpaired) electrons. The van der Waals surface area contributed by atoms with E-state index in [0.29, 0.717) is 18.7 Å². The highest BCUT2D eigenvalue weighted by Crippen LogP contribution is 2.28. The first-order valence-electron chi connectivity index (χ1n) is 8.64. The molecule has 1 N–H and O–H groups in total. The lowest BCUT2D eigenvalue weighted by Gasteiger charge is -2.17. The minimum Gasteiger partial charge on any atom is -0.496 e. The maximum Gasteiger partial charge on any atom is 0.227 e. The van der Waals surface area contributed by atoms with Gasteiger partial charge >= 0.3 is 0 Å². The van der Waals surface area contributed by atoms with Crippen LogP contribution in [-0.2, 0) is 16.0 Å². The monoisotopic (exact) mass is 390 g/mol. The van der Waals surface area contributed by atoms with Gasteiger partial charge in [0.25, 0.3) is 0 Å². The lowest BCUT2D eigenvalue weighted by Crippen LogP contribution is -2.34. The van der Waals surface area contributed by atoms with E-state index in [-0.39, 0.29) is 29.8 Å². The number of hydrogen-bond acceptors (Lipinski definition) is 3. The van der Waals surface area contributed by atoms with Gasteiger partial charge in [0.1, 0.15) is 11.6 Å². The number of nitrogens with zero attached hydrogens (tertiary/aromatic N) is 1. The van der Waals surface area contributed by atoms with E-state index in [1.807, 2.05) is 24.3 Å². The highest BCUT2D eigenvalue weighted by molar-refractivity contribution is 6.31. The van der Waals surface area contributed by atoms with Crippen molar-refractivity contribution in [3.63, 3.8) is 0 Å². The van der Waals surface area contributed by atoms with Crippen molar-refractivity contribution >= 4 is 29.1 Å². The van der Waals surface area contributed by atoms with Crippen LogP contribution < -0.4 is 15.0 Å². The average molecular weight is 391 g/mol. The predicted octanol–water partition coefficient (Wildman–Crippen LogP) is 3.20. The standard InChI is InChI=1S/C20H20ClFN2O3/c1-27-18-5-3-2-4-13(18)8-9-23-20(26)14-10-19(25)24(12-14)15-6-7-17(22)16(21)11-15/h2-7,11,14H,8-10,12H2,1H3,(H,23,26). The SMILES string of the molecule is COc1ccccc1CCNC(=O)C1CC(=O)N(c2ccc(F)c(Cl)c2)C1. The Bertz CT molecular complexity index is 859. The highest BCUT2D eigenvalue weighted by atomic mass is 35.5. The van der Waals surface area contributed by atoms with Crippen LogP contribution in [0.15, 0.2) is 42.5 Å². The fourth-order valence-electron chi connectivity index (χ4n) is 3.16. The second-order valence-corrected chi connectivity index (χ2v) is 6.76. The molecule has 2 aromatic carbocycles. The molecule has 3 rings (SSSR count). The minimum absolute atomic E-state index is 0.0509. The molecule has 0 aromatic heterocycles. The maximum atomic E-state index is 13.3. The van der Waals surface area contributed by atoms with E-state index >= 15 is 0 Å². The third kappa shape index (κ3) is 4.39. The average Bonchev–Trinajstić information content (AvgIpc) is 3.06. The summed E-state index contributed by atoms with van der Waals surface area (Å²) >= 11 is 5.79. The van der Waals surface area contributed by atoms with Crippen molar-refractivity contribution in [1.82, 2.24) is 5.32 Å². The van der Waals surface area contributed by atoms with Gasteiger partial charge in [-0.25, -0.2) is 4.39 Å². The first-order chi connectivity index (χ1) is 13.0. The first kappa shape index (κ1) is 19.2. The summed E-state index contributed by atoms with van der Waals surface area (Å²) in [6, 6.07) is 11.7. The van der Waals surface area contributed by atoms with Gasteiger partial charge in [0.2, 0.25) is 11.8 Å². The smallest absolute Gasteiger partial charge is 0.227 e. The zero-order valence-electron chi connectivity index (χ0n) is 14.9. The van der Waals surface area contributed by atoms with E-state index < -0.39 is 11.7 Å². The van der Waals surface area contributed by atoms with Crippen molar-refractivity contribution in [2.45, 2.75) is 12.8 Å². The number of anilines is 1. The van der Waals surface area contributed by atoms with Crippen molar-refractivity contribution in [1.29, 1.82) is 0 Å². The summed E-state index contributed by atoms with van der Waals surface area (Å²) in [6.45, 7) is 0.702. The summed E-state index contributed by atoms with van der Waals surface area (Å²) in [4.78, 5) is 26.2. The number of carbonyl (C=O) groups excluding carboxylic acids is 2. The molecule has 1 atom stereocenters. The Morgan fingerprint density at radius 1 is 1.33 bits per heavy atom. The van der Waals surface area contributed by atoms with Crippen molar-refractivity contribution in [2.24, 2.45) is 5.92 Å². The number of hydrogen-bond donors (Lipinski definition) is 1. The number of ether oxygens (including phenoxy) is 1. The van der Waals surface area contributed by atoms with Crippen LogP contribution in [-0.4, -0.2) is 32.0 Å². The molecule has 1 fully saturated rings. The van der Waals surface area contributed by atoms with Crippen LogP contribution in [0, 0.1) is 11.7 Å². The fourth-order valence-corrected chi connectivity index (χ4v) is 3.33. The molecule has 1 aliphatic heterocycles. The molecule has 27 heavy (non-hydrogen) atoms. The number of rotatable bonds is 6. The van der Waals surface area contributed by atoms with Gasteiger partial charge in [0.15, 0.2) is 0 Å². The molecule has 5 nitrogen and oxygen atoms in total. The molecule has 2 amide bonds. The summed E-state index contributed by atoms with van der Waals surface area (Å²) in [6.07, 6.45) is 0.753. The van der Waals surface area contributed by atoms with Crippen molar-refractivity contribution in [3.05, 3.63) is 58.9 Å². The van der Waals surface area contributed by atoms with Gasteiger partial charge in [-0.2, -0.15) is 0 Å². The number of benzene rings is 2. The van der Waals surface area contributed by atoms with Gasteiger partial charge in [0.05, 0.1) is 18.1 Å². The second kappa shape index (κ2) is 8.39. The van der Waals surface area contributed by atoms with E-state index in [0.717, 1.165) is 11.3 Å². The van der Waals surface area contributed by atoms with Gasteiger partial charge in [-0.3, -0.25) is 9.59 Å². The van der Waals surface area contributed by atoms with Crippen molar-refractivity contribution in [3.8, 4) is 5.75 Å². The highest BCUT2D eigenvalue weighted by Gasteiger charge is 2.35. The minimum atomic E-state index is -0.544. The Morgan fingerprint density at radius 2 is 2.11 bits per heavy atom. The quantitative estimate of drug-likeness (QED) is 0.824. The Morgan fingerprint density at radius 3 is 2.85 bits per heavy atom. The van der Waals surface area contributed by atoms with Crippen LogP contribution in [0.4, 0.5) is 10.1 Å². The third-order valence-corrected chi connectivity index (χ3v) is 4.89. The molecule has 142 valence electrons. The molecule has 0 bridgehead atoms. The Balaban J connectivity index is 1.56. The number of amides is 2. The van der Waals surface area contributed by atoms with Gasteiger partial charge in [0, 0.05) is 25.2 Å². The first-order valence-corrected chi connectivity index (χ1v) is 9.02. The summed E-state index contributed by atoms with van der Waals surface area (Å²) in [5, 5.41) is 2.83. The van der Waals surface area contributed by atoms with Crippen LogP contribution in [0.5, 0.6) is 5.75 Å². The van der Waals surface area contributed by atoms with Gasteiger partial charge in [-0.1, -0.05) is 29.8 Å². The molecule has 0 saturated carbocycles. The van der Waals surface area contributed by atoms with E-state index in [2.05, 4.69) is 5.32 Å². The molecular formula is C20H20ClFN2O3. The van der Waals surface area contributed by atoms with Crippen LogP contribution in [0.2, 0.25) is 5.02 Å². The predicted molar refractivity (Wildman–Crippen MR) is 102 cm³/mol.